The Morgan fingerprint density at radius 3 is 2.23 bits per heavy atom. The van der Waals surface area contributed by atoms with E-state index in [0.717, 1.165) is 35.3 Å². The van der Waals surface area contributed by atoms with Gasteiger partial charge in [0.2, 0.25) is 0 Å². The van der Waals surface area contributed by atoms with E-state index in [-0.39, 0.29) is 0 Å². The average molecular weight is 470 g/mol. The summed E-state index contributed by atoms with van der Waals surface area (Å²) >= 11 is 1.87. The second-order valence-corrected chi connectivity index (χ2v) is 10.1. The van der Waals surface area contributed by atoms with E-state index in [1.807, 2.05) is 11.3 Å². The van der Waals surface area contributed by atoms with Crippen LogP contribution < -0.4 is 0 Å². The molecule has 4 heteroatoms. The Labute approximate surface area is 207 Å². The van der Waals surface area contributed by atoms with E-state index in [0.29, 0.717) is 0 Å². The van der Waals surface area contributed by atoms with Crippen molar-refractivity contribution in [2.45, 2.75) is 19.8 Å². The normalized spacial score (nSPS) is 11.8. The number of aryl methyl sites for hydroxylation is 1. The molecule has 3 aromatic heterocycles. The third-order valence-electron chi connectivity index (χ3n) is 6.87. The van der Waals surface area contributed by atoms with Crippen molar-refractivity contribution in [1.82, 2.24) is 14.6 Å². The summed E-state index contributed by atoms with van der Waals surface area (Å²) in [6.07, 6.45) is 4.36. The van der Waals surface area contributed by atoms with Crippen molar-refractivity contribution >= 4 is 47.9 Å². The molecule has 168 valence electrons. The van der Waals surface area contributed by atoms with Gasteiger partial charge in [0.25, 0.3) is 0 Å². The first-order valence-corrected chi connectivity index (χ1v) is 12.9. The molecule has 4 aromatic carbocycles. The van der Waals surface area contributed by atoms with Crippen LogP contribution in [0.5, 0.6) is 0 Å². The van der Waals surface area contributed by atoms with Crippen molar-refractivity contribution in [3.8, 4) is 22.5 Å². The van der Waals surface area contributed by atoms with Crippen LogP contribution in [0.4, 0.5) is 0 Å². The van der Waals surface area contributed by atoms with E-state index >= 15 is 0 Å². The fraction of sp³-hybridized carbons (Fsp3) is 0.0968. The predicted octanol–water partition coefficient (Wildman–Crippen LogP) is 8.54. The highest BCUT2D eigenvalue weighted by Crippen LogP contribution is 2.40. The van der Waals surface area contributed by atoms with Crippen LogP contribution in [-0.4, -0.2) is 14.6 Å². The van der Waals surface area contributed by atoms with Crippen molar-refractivity contribution in [2.75, 3.05) is 0 Å². The maximum atomic E-state index is 4.61. The summed E-state index contributed by atoms with van der Waals surface area (Å²) < 4.78 is 4.83. The number of hydrogen-bond acceptors (Lipinski definition) is 3. The van der Waals surface area contributed by atoms with Gasteiger partial charge in [0.05, 0.1) is 0 Å². The summed E-state index contributed by atoms with van der Waals surface area (Å²) in [5.41, 5.74) is 5.82. The zero-order valence-corrected chi connectivity index (χ0v) is 20.2. The zero-order valence-electron chi connectivity index (χ0n) is 19.4. The Hall–Kier alpha value is -4.02. The summed E-state index contributed by atoms with van der Waals surface area (Å²) in [5, 5.41) is 14.3. The number of fused-ring (bicyclic) bond motifs is 6. The topological polar surface area (TPSA) is 30.2 Å². The number of hydrogen-bond donors (Lipinski definition) is 0. The summed E-state index contributed by atoms with van der Waals surface area (Å²) in [4.78, 5) is 0. The number of benzene rings is 4. The second-order valence-electron chi connectivity index (χ2n) is 9.02. The number of nitrogens with zero attached hydrogens (tertiary/aromatic N) is 3. The lowest BCUT2D eigenvalue weighted by Crippen LogP contribution is -1.96. The number of thiophene rings is 1. The van der Waals surface area contributed by atoms with E-state index in [2.05, 4.69) is 119 Å². The van der Waals surface area contributed by atoms with Crippen LogP contribution in [0.1, 0.15) is 18.9 Å². The molecule has 0 N–H and O–H groups in total. The SMILES string of the molecule is CCCc1cn2c(-c3ccc(-c4cccc5c4sc4ccccc45)cc3)nnc2c2ccccc12. The highest BCUT2D eigenvalue weighted by atomic mass is 32.1. The minimum absolute atomic E-state index is 0.884. The standard InChI is InChI=1S/C31H23N3S/c1-2-8-22-19-34-30(32-33-31(34)27-11-4-3-9-23(22)27)21-17-15-20(16-18-21)24-12-7-13-26-25-10-5-6-14-28(25)35-29(24)26/h3-7,9-19H,2,8H2,1H3. The monoisotopic (exact) mass is 469 g/mol. The fourth-order valence-electron chi connectivity index (χ4n) is 5.22. The van der Waals surface area contributed by atoms with E-state index < -0.39 is 0 Å². The van der Waals surface area contributed by atoms with Gasteiger partial charge >= 0.3 is 0 Å². The third kappa shape index (κ3) is 3.17. The van der Waals surface area contributed by atoms with Gasteiger partial charge in [-0.1, -0.05) is 98.3 Å². The Kier molecular flexibility index (Phi) is 4.67. The molecule has 7 aromatic rings. The molecular weight excluding hydrogens is 446 g/mol. The predicted molar refractivity (Wildman–Crippen MR) is 148 cm³/mol. The summed E-state index contributed by atoms with van der Waals surface area (Å²) in [5.74, 6) is 0.884. The van der Waals surface area contributed by atoms with Crippen LogP contribution in [0, 0.1) is 0 Å². The van der Waals surface area contributed by atoms with E-state index in [1.54, 1.807) is 0 Å². The molecule has 3 nitrogen and oxygen atoms in total. The Morgan fingerprint density at radius 1 is 0.686 bits per heavy atom. The molecule has 0 aliphatic rings. The zero-order chi connectivity index (χ0) is 23.4. The minimum atomic E-state index is 0.884. The van der Waals surface area contributed by atoms with Crippen LogP contribution >= 0.6 is 11.3 Å². The Balaban J connectivity index is 1.36. The first-order valence-electron chi connectivity index (χ1n) is 12.1. The highest BCUT2D eigenvalue weighted by Gasteiger charge is 2.15. The van der Waals surface area contributed by atoms with Crippen molar-refractivity contribution < 1.29 is 0 Å². The van der Waals surface area contributed by atoms with Gasteiger partial charge in [-0.05, 0) is 34.6 Å². The molecule has 0 aliphatic heterocycles. The Morgan fingerprint density at radius 2 is 1.40 bits per heavy atom. The van der Waals surface area contributed by atoms with Crippen LogP contribution in [0.25, 0.3) is 59.1 Å². The highest BCUT2D eigenvalue weighted by molar-refractivity contribution is 7.26. The van der Waals surface area contributed by atoms with E-state index in [1.165, 1.54) is 42.2 Å². The molecule has 0 aliphatic carbocycles. The molecule has 3 heterocycles. The quantitative estimate of drug-likeness (QED) is 0.258. The lowest BCUT2D eigenvalue weighted by atomic mass is 10.0. The van der Waals surface area contributed by atoms with Crippen LogP contribution in [0.3, 0.4) is 0 Å². The first kappa shape index (κ1) is 20.4. The minimum Gasteiger partial charge on any atom is -0.282 e. The van der Waals surface area contributed by atoms with Crippen LogP contribution in [0.15, 0.2) is 97.2 Å². The van der Waals surface area contributed by atoms with Gasteiger partial charge in [0.15, 0.2) is 11.5 Å². The van der Waals surface area contributed by atoms with Gasteiger partial charge in [0.1, 0.15) is 0 Å². The number of pyridine rings is 1. The molecule has 7 rings (SSSR count). The van der Waals surface area contributed by atoms with Gasteiger partial charge in [-0.3, -0.25) is 4.40 Å². The number of aromatic nitrogens is 3. The number of rotatable bonds is 4. The summed E-state index contributed by atoms with van der Waals surface area (Å²) in [7, 11) is 0. The van der Waals surface area contributed by atoms with Crippen molar-refractivity contribution in [1.29, 1.82) is 0 Å². The maximum absolute atomic E-state index is 4.61. The van der Waals surface area contributed by atoms with Crippen LogP contribution in [-0.2, 0) is 6.42 Å². The maximum Gasteiger partial charge on any atom is 0.168 e. The molecule has 0 saturated heterocycles. The molecule has 35 heavy (non-hydrogen) atoms. The largest absolute Gasteiger partial charge is 0.282 e. The second kappa shape index (κ2) is 8.03. The summed E-state index contributed by atoms with van der Waals surface area (Å²) in [6, 6.07) is 32.6. The van der Waals surface area contributed by atoms with Crippen molar-refractivity contribution in [3.05, 3.63) is 103 Å². The van der Waals surface area contributed by atoms with E-state index in [4.69, 9.17) is 0 Å². The van der Waals surface area contributed by atoms with Gasteiger partial charge in [0, 0.05) is 37.3 Å². The average Bonchev–Trinajstić information content (AvgIpc) is 3.51. The van der Waals surface area contributed by atoms with Crippen molar-refractivity contribution in [3.63, 3.8) is 0 Å². The lowest BCUT2D eigenvalue weighted by molar-refractivity contribution is 0.918. The molecule has 0 unspecified atom stereocenters. The molecule has 0 bridgehead atoms. The first-order chi connectivity index (χ1) is 17.3. The van der Waals surface area contributed by atoms with Gasteiger partial charge in [-0.2, -0.15) is 0 Å². The summed E-state index contributed by atoms with van der Waals surface area (Å²) in [6.45, 7) is 2.22. The smallest absolute Gasteiger partial charge is 0.168 e. The Bertz CT molecular complexity index is 1860. The van der Waals surface area contributed by atoms with Gasteiger partial charge < -0.3 is 0 Å². The van der Waals surface area contributed by atoms with E-state index in [9.17, 15) is 0 Å². The fourth-order valence-corrected chi connectivity index (χ4v) is 6.46. The molecule has 0 spiro atoms. The van der Waals surface area contributed by atoms with Crippen LogP contribution in [0.2, 0.25) is 0 Å². The third-order valence-corrected chi connectivity index (χ3v) is 8.09. The lowest BCUT2D eigenvalue weighted by Gasteiger charge is -2.09. The molecule has 0 fully saturated rings. The van der Waals surface area contributed by atoms with Crippen molar-refractivity contribution in [2.24, 2.45) is 0 Å². The molecule has 0 radical (unpaired) electrons. The molecule has 0 amide bonds. The molecule has 0 atom stereocenters. The van der Waals surface area contributed by atoms with Gasteiger partial charge in [-0.25, -0.2) is 0 Å². The molecular formula is C31H23N3S. The van der Waals surface area contributed by atoms with Gasteiger partial charge in [-0.15, -0.1) is 21.5 Å². The molecule has 0 saturated carbocycles.